The molecule has 0 radical (unpaired) electrons. The predicted molar refractivity (Wildman–Crippen MR) is 77.5 cm³/mol. The van der Waals surface area contributed by atoms with Gasteiger partial charge in [0, 0.05) is 18.4 Å². The lowest BCUT2D eigenvalue weighted by molar-refractivity contribution is 0.373. The van der Waals surface area contributed by atoms with Crippen LogP contribution in [0.15, 0.2) is 47.7 Å². The van der Waals surface area contributed by atoms with Gasteiger partial charge in [0.2, 0.25) is 0 Å². The Balaban J connectivity index is 2.04. The van der Waals surface area contributed by atoms with Crippen LogP contribution >= 0.6 is 11.8 Å². The van der Waals surface area contributed by atoms with Crippen molar-refractivity contribution in [3.05, 3.63) is 42.5 Å². The van der Waals surface area contributed by atoms with Crippen LogP contribution in [0.5, 0.6) is 5.75 Å². The fourth-order valence-electron chi connectivity index (χ4n) is 1.53. The first-order chi connectivity index (χ1) is 10.6. The minimum Gasteiger partial charge on any atom is -0.495 e. The maximum absolute atomic E-state index is 12.7. The quantitative estimate of drug-likeness (QED) is 0.590. The predicted octanol–water partition coefficient (Wildman–Crippen LogP) is 4.11. The van der Waals surface area contributed by atoms with Crippen LogP contribution in [0.1, 0.15) is 6.42 Å². The summed E-state index contributed by atoms with van der Waals surface area (Å²) in [6.45, 7) is 0. The Hall–Kier alpha value is -2.09. The van der Waals surface area contributed by atoms with Gasteiger partial charge in [-0.25, -0.2) is 14.4 Å². The van der Waals surface area contributed by atoms with Gasteiger partial charge < -0.3 is 4.74 Å². The van der Waals surface area contributed by atoms with E-state index in [0.29, 0.717) is 22.3 Å². The summed E-state index contributed by atoms with van der Waals surface area (Å²) in [7, 11) is 1.55. The Labute approximate surface area is 129 Å². The minimum absolute atomic E-state index is 0.128. The fraction of sp³-hybridized carbons (Fsp3) is 0.214. The molecule has 0 aliphatic heterocycles. The molecular weight excluding hydrogens is 315 g/mol. The van der Waals surface area contributed by atoms with Crippen LogP contribution in [-0.2, 0) is 0 Å². The minimum atomic E-state index is -2.28. The van der Waals surface area contributed by atoms with Crippen molar-refractivity contribution in [1.82, 2.24) is 15.0 Å². The normalized spacial score (nSPS) is 10.4. The van der Waals surface area contributed by atoms with Crippen molar-refractivity contribution < 1.29 is 17.9 Å². The monoisotopic (exact) mass is 327 g/mol. The SMILES string of the molecule is COc1ccc(-c2ccnc(SCCC(F)=C(F)F)n2)nc1. The number of hydrogen-bond acceptors (Lipinski definition) is 5. The summed E-state index contributed by atoms with van der Waals surface area (Å²) in [6.07, 6.45) is 0.464. The van der Waals surface area contributed by atoms with Crippen LogP contribution in [0, 0.1) is 0 Å². The number of halogens is 3. The zero-order chi connectivity index (χ0) is 15.9. The lowest BCUT2D eigenvalue weighted by atomic mass is 10.2. The number of methoxy groups -OCH3 is 1. The van der Waals surface area contributed by atoms with E-state index < -0.39 is 11.9 Å². The molecule has 2 aromatic rings. The lowest BCUT2D eigenvalue weighted by Gasteiger charge is -2.04. The summed E-state index contributed by atoms with van der Waals surface area (Å²) < 4.78 is 41.6. The maximum Gasteiger partial charge on any atom is 0.301 e. The molecule has 0 aliphatic rings. The third kappa shape index (κ3) is 4.45. The summed E-state index contributed by atoms with van der Waals surface area (Å²) in [5.41, 5.74) is 1.22. The van der Waals surface area contributed by atoms with Crippen molar-refractivity contribution in [3.63, 3.8) is 0 Å². The van der Waals surface area contributed by atoms with Gasteiger partial charge in [-0.3, -0.25) is 4.98 Å². The number of aromatic nitrogens is 3. The molecular formula is C14H12F3N3OS. The number of thioether (sulfide) groups is 1. The van der Waals surface area contributed by atoms with Gasteiger partial charge in [-0.05, 0) is 18.2 Å². The zero-order valence-corrected chi connectivity index (χ0v) is 12.4. The Morgan fingerprint density at radius 3 is 2.59 bits per heavy atom. The Kier molecular flexibility index (Phi) is 5.76. The van der Waals surface area contributed by atoms with Crippen molar-refractivity contribution in [2.24, 2.45) is 0 Å². The average Bonchev–Trinajstić information content (AvgIpc) is 2.55. The third-order valence-corrected chi connectivity index (χ3v) is 3.49. The van der Waals surface area contributed by atoms with Crippen LogP contribution in [0.3, 0.4) is 0 Å². The van der Waals surface area contributed by atoms with Crippen molar-refractivity contribution in [1.29, 1.82) is 0 Å². The number of hydrogen-bond donors (Lipinski definition) is 0. The number of ether oxygens (including phenoxy) is 1. The van der Waals surface area contributed by atoms with Crippen LogP contribution in [0.2, 0.25) is 0 Å². The van der Waals surface area contributed by atoms with E-state index in [9.17, 15) is 13.2 Å². The highest BCUT2D eigenvalue weighted by atomic mass is 32.2. The summed E-state index contributed by atoms with van der Waals surface area (Å²) >= 11 is 1.10. The Bertz CT molecular complexity index is 661. The van der Waals surface area contributed by atoms with Gasteiger partial charge in [0.1, 0.15) is 5.75 Å². The molecule has 4 nitrogen and oxygen atoms in total. The molecule has 0 bridgehead atoms. The van der Waals surface area contributed by atoms with Crippen LogP contribution < -0.4 is 4.74 Å². The average molecular weight is 327 g/mol. The lowest BCUT2D eigenvalue weighted by Crippen LogP contribution is -1.93. The molecule has 22 heavy (non-hydrogen) atoms. The number of rotatable bonds is 6. The highest BCUT2D eigenvalue weighted by Gasteiger charge is 2.08. The van der Waals surface area contributed by atoms with Crippen molar-refractivity contribution in [2.45, 2.75) is 11.6 Å². The van der Waals surface area contributed by atoms with E-state index in [1.807, 2.05) is 0 Å². The summed E-state index contributed by atoms with van der Waals surface area (Å²) in [5.74, 6) is -0.647. The van der Waals surface area contributed by atoms with E-state index >= 15 is 0 Å². The van der Waals surface area contributed by atoms with E-state index in [4.69, 9.17) is 4.74 Å². The molecule has 2 rings (SSSR count). The van der Waals surface area contributed by atoms with E-state index in [1.54, 1.807) is 37.7 Å². The van der Waals surface area contributed by atoms with Gasteiger partial charge in [-0.2, -0.15) is 8.78 Å². The second-order valence-electron chi connectivity index (χ2n) is 4.07. The molecule has 0 saturated heterocycles. The van der Waals surface area contributed by atoms with E-state index in [1.165, 1.54) is 0 Å². The highest BCUT2D eigenvalue weighted by molar-refractivity contribution is 7.99. The number of pyridine rings is 1. The van der Waals surface area contributed by atoms with Gasteiger partial charge in [0.25, 0.3) is 0 Å². The third-order valence-electron chi connectivity index (χ3n) is 2.63. The Morgan fingerprint density at radius 1 is 1.14 bits per heavy atom. The summed E-state index contributed by atoms with van der Waals surface area (Å²) in [4.78, 5) is 12.5. The molecule has 0 unspecified atom stereocenters. The molecule has 0 fully saturated rings. The van der Waals surface area contributed by atoms with Gasteiger partial charge in [-0.1, -0.05) is 11.8 Å². The molecule has 2 heterocycles. The van der Waals surface area contributed by atoms with Gasteiger partial charge in [0.15, 0.2) is 11.0 Å². The first-order valence-corrected chi connectivity index (χ1v) is 7.24. The molecule has 0 atom stereocenters. The maximum atomic E-state index is 12.7. The molecule has 0 saturated carbocycles. The molecule has 116 valence electrons. The molecule has 0 aliphatic carbocycles. The van der Waals surface area contributed by atoms with Gasteiger partial charge in [-0.15, -0.1) is 0 Å². The first kappa shape index (κ1) is 16.3. The van der Waals surface area contributed by atoms with Crippen molar-refractivity contribution in [2.75, 3.05) is 12.9 Å². The van der Waals surface area contributed by atoms with Crippen molar-refractivity contribution in [3.8, 4) is 17.1 Å². The topological polar surface area (TPSA) is 47.9 Å². The first-order valence-electron chi connectivity index (χ1n) is 6.26. The van der Waals surface area contributed by atoms with Crippen LogP contribution in [0.4, 0.5) is 13.2 Å². The van der Waals surface area contributed by atoms with Crippen molar-refractivity contribution >= 4 is 11.8 Å². The summed E-state index contributed by atoms with van der Waals surface area (Å²) in [5, 5.41) is 0.377. The molecule has 8 heteroatoms. The molecule has 0 amide bonds. The van der Waals surface area contributed by atoms with E-state index in [0.717, 1.165) is 11.8 Å². The smallest absolute Gasteiger partial charge is 0.301 e. The van der Waals surface area contributed by atoms with Crippen LogP contribution in [-0.4, -0.2) is 27.8 Å². The number of allylic oxidation sites excluding steroid dienone is 1. The standard InChI is InChI=1S/C14H12F3N3OS/c1-21-9-2-3-11(19-8-9)12-4-6-18-14(20-12)22-7-5-10(15)13(16)17/h2-4,6,8H,5,7H2,1H3. The second kappa shape index (κ2) is 7.79. The zero-order valence-electron chi connectivity index (χ0n) is 11.6. The number of nitrogens with zero attached hydrogens (tertiary/aromatic N) is 3. The van der Waals surface area contributed by atoms with Gasteiger partial charge >= 0.3 is 6.08 Å². The van der Waals surface area contributed by atoms with Crippen LogP contribution in [0.25, 0.3) is 11.4 Å². The molecule has 0 spiro atoms. The van der Waals surface area contributed by atoms with E-state index in [-0.39, 0.29) is 12.2 Å². The molecule has 0 N–H and O–H groups in total. The van der Waals surface area contributed by atoms with E-state index in [2.05, 4.69) is 15.0 Å². The second-order valence-corrected chi connectivity index (χ2v) is 5.13. The van der Waals surface area contributed by atoms with Gasteiger partial charge in [0.05, 0.1) is 24.7 Å². The Morgan fingerprint density at radius 2 is 1.95 bits per heavy atom. The molecule has 2 aromatic heterocycles. The largest absolute Gasteiger partial charge is 0.495 e. The fourth-order valence-corrected chi connectivity index (χ4v) is 2.29. The summed E-state index contributed by atoms with van der Waals surface area (Å²) in [6, 6.07) is 5.18. The molecule has 0 aromatic carbocycles. The highest BCUT2D eigenvalue weighted by Crippen LogP contribution is 2.22.